The molecular formula is C16H19ClN2O4S2. The van der Waals surface area contributed by atoms with E-state index in [9.17, 15) is 16.8 Å². The topological polar surface area (TPSA) is 93.2 Å². The van der Waals surface area contributed by atoms with Crippen molar-refractivity contribution in [2.24, 2.45) is 0 Å². The van der Waals surface area contributed by atoms with Gasteiger partial charge in [0.25, 0.3) is 0 Å². The van der Waals surface area contributed by atoms with E-state index in [0.29, 0.717) is 17.0 Å². The minimum absolute atomic E-state index is 0.0618. The summed E-state index contributed by atoms with van der Waals surface area (Å²) in [7, 11) is -7.37. The van der Waals surface area contributed by atoms with Gasteiger partial charge in [-0.1, -0.05) is 24.6 Å². The van der Waals surface area contributed by atoms with Crippen LogP contribution in [0.4, 0.5) is 0 Å². The summed E-state index contributed by atoms with van der Waals surface area (Å²) in [6, 6.07) is 8.99. The van der Waals surface area contributed by atoms with Gasteiger partial charge in [0.05, 0.1) is 10.6 Å². The van der Waals surface area contributed by atoms with Gasteiger partial charge >= 0.3 is 0 Å². The maximum atomic E-state index is 13.0. The molecule has 0 bridgehead atoms. The number of hydrogen-bond acceptors (Lipinski definition) is 5. The lowest BCUT2D eigenvalue weighted by molar-refractivity contribution is 0.568. The van der Waals surface area contributed by atoms with Gasteiger partial charge in [0.15, 0.2) is 9.84 Å². The van der Waals surface area contributed by atoms with Gasteiger partial charge < -0.3 is 0 Å². The summed E-state index contributed by atoms with van der Waals surface area (Å²) in [5.41, 5.74) is 0.414. The van der Waals surface area contributed by atoms with Gasteiger partial charge in [0.2, 0.25) is 10.0 Å². The quantitative estimate of drug-likeness (QED) is 0.732. The van der Waals surface area contributed by atoms with E-state index in [1.165, 1.54) is 36.7 Å². The Balaban J connectivity index is 2.39. The zero-order chi connectivity index (χ0) is 18.5. The summed E-state index contributed by atoms with van der Waals surface area (Å²) in [6.45, 7) is 1.47. The number of sulfonamides is 1. The number of hydrogen-bond donors (Lipinski definition) is 1. The van der Waals surface area contributed by atoms with Crippen LogP contribution in [0.3, 0.4) is 0 Å². The molecule has 0 aliphatic heterocycles. The van der Waals surface area contributed by atoms with Crippen molar-refractivity contribution in [2.45, 2.75) is 23.5 Å². The highest BCUT2D eigenvalue weighted by Crippen LogP contribution is 2.29. The van der Waals surface area contributed by atoms with Crippen LogP contribution in [0, 0.1) is 0 Å². The molecule has 2 rings (SSSR count). The van der Waals surface area contributed by atoms with E-state index in [0.717, 1.165) is 0 Å². The largest absolute Gasteiger partial charge is 0.264 e. The van der Waals surface area contributed by atoms with Crippen molar-refractivity contribution in [3.05, 3.63) is 59.4 Å². The van der Waals surface area contributed by atoms with Crippen molar-refractivity contribution in [3.63, 3.8) is 0 Å². The maximum Gasteiger partial charge on any atom is 0.211 e. The first-order valence-electron chi connectivity index (χ1n) is 7.63. The molecule has 0 fully saturated rings. The molecule has 0 aliphatic carbocycles. The third kappa shape index (κ3) is 5.24. The predicted molar refractivity (Wildman–Crippen MR) is 97.7 cm³/mol. The molecule has 0 amide bonds. The molecule has 0 radical (unpaired) electrons. The third-order valence-electron chi connectivity index (χ3n) is 3.53. The molecule has 9 heteroatoms. The van der Waals surface area contributed by atoms with Crippen molar-refractivity contribution in [1.82, 2.24) is 9.71 Å². The van der Waals surface area contributed by atoms with Crippen LogP contribution in [-0.2, 0) is 19.9 Å². The van der Waals surface area contributed by atoms with Gasteiger partial charge in [0.1, 0.15) is 5.25 Å². The second-order valence-corrected chi connectivity index (χ2v) is 9.93. The second-order valence-electron chi connectivity index (χ2n) is 5.44. The molecule has 6 nitrogen and oxygen atoms in total. The Morgan fingerprint density at radius 3 is 2.36 bits per heavy atom. The van der Waals surface area contributed by atoms with E-state index in [-0.39, 0.29) is 17.2 Å². The number of aromatic nitrogens is 1. The van der Waals surface area contributed by atoms with Crippen LogP contribution in [0.5, 0.6) is 0 Å². The van der Waals surface area contributed by atoms with Gasteiger partial charge in [-0.05, 0) is 42.3 Å². The minimum atomic E-state index is -3.83. The van der Waals surface area contributed by atoms with Gasteiger partial charge in [-0.2, -0.15) is 0 Å². The Hall–Kier alpha value is -1.48. The average Bonchev–Trinajstić information content (AvgIpc) is 2.56. The highest BCUT2D eigenvalue weighted by molar-refractivity contribution is 7.92. The Morgan fingerprint density at radius 2 is 1.80 bits per heavy atom. The summed E-state index contributed by atoms with van der Waals surface area (Å²) in [5.74, 6) is -0.0618. The molecule has 0 saturated carbocycles. The molecule has 0 spiro atoms. The number of sulfone groups is 1. The van der Waals surface area contributed by atoms with Crippen LogP contribution >= 0.6 is 11.6 Å². The molecule has 2 aromatic rings. The van der Waals surface area contributed by atoms with Gasteiger partial charge in [0, 0.05) is 24.0 Å². The van der Waals surface area contributed by atoms with Crippen molar-refractivity contribution in [2.75, 3.05) is 12.3 Å². The van der Waals surface area contributed by atoms with E-state index in [4.69, 9.17) is 11.6 Å². The molecule has 136 valence electrons. The Kier molecular flexibility index (Phi) is 6.56. The van der Waals surface area contributed by atoms with Crippen LogP contribution in [0.25, 0.3) is 0 Å². The van der Waals surface area contributed by atoms with Crippen molar-refractivity contribution < 1.29 is 16.8 Å². The first-order valence-corrected chi connectivity index (χ1v) is 11.2. The molecular weight excluding hydrogens is 384 g/mol. The average molecular weight is 403 g/mol. The third-order valence-corrected chi connectivity index (χ3v) is 7.46. The highest BCUT2D eigenvalue weighted by atomic mass is 35.5. The standard InChI is InChI=1S/C16H19ClN2O4S2/c1-2-10-24(20,21)19-12-16(13-4-3-9-18-11-13)25(22,23)15-7-5-14(17)6-8-15/h3-9,11,16,19H,2,10,12H2,1H3/t16-/m0/s1. The van der Waals surface area contributed by atoms with Crippen molar-refractivity contribution in [3.8, 4) is 0 Å². The molecule has 0 unspecified atom stereocenters. The predicted octanol–water partition coefficient (Wildman–Crippen LogP) is 2.58. The molecule has 1 atom stereocenters. The molecule has 0 aliphatic rings. The minimum Gasteiger partial charge on any atom is -0.264 e. The number of nitrogens with one attached hydrogen (secondary N) is 1. The van der Waals surface area contributed by atoms with Crippen LogP contribution in [-0.4, -0.2) is 34.1 Å². The van der Waals surface area contributed by atoms with E-state index >= 15 is 0 Å². The first kappa shape index (κ1) is 19.8. The van der Waals surface area contributed by atoms with Gasteiger partial charge in [-0.3, -0.25) is 4.98 Å². The summed E-state index contributed by atoms with van der Waals surface area (Å²) in [4.78, 5) is 4.01. The summed E-state index contributed by atoms with van der Waals surface area (Å²) in [6.07, 6.45) is 3.39. The zero-order valence-electron chi connectivity index (χ0n) is 13.6. The molecule has 1 aromatic heterocycles. The van der Waals surface area contributed by atoms with Crippen LogP contribution in [0.1, 0.15) is 24.2 Å². The fraction of sp³-hybridized carbons (Fsp3) is 0.312. The van der Waals surface area contributed by atoms with E-state index in [1.807, 2.05) is 0 Å². The summed E-state index contributed by atoms with van der Waals surface area (Å²) >= 11 is 5.82. The molecule has 25 heavy (non-hydrogen) atoms. The maximum absolute atomic E-state index is 13.0. The normalized spacial score (nSPS) is 13.5. The SMILES string of the molecule is CCCS(=O)(=O)NC[C@@H](c1cccnc1)S(=O)(=O)c1ccc(Cl)cc1. The van der Waals surface area contributed by atoms with E-state index in [2.05, 4.69) is 9.71 Å². The summed E-state index contributed by atoms with van der Waals surface area (Å²) < 4.78 is 52.3. The Bertz CT molecular complexity index is 899. The molecule has 1 aromatic carbocycles. The van der Waals surface area contributed by atoms with Crippen LogP contribution in [0.2, 0.25) is 5.02 Å². The van der Waals surface area contributed by atoms with E-state index in [1.54, 1.807) is 19.1 Å². The van der Waals surface area contributed by atoms with Gasteiger partial charge in [-0.15, -0.1) is 0 Å². The highest BCUT2D eigenvalue weighted by Gasteiger charge is 2.30. The lowest BCUT2D eigenvalue weighted by Gasteiger charge is -2.18. The number of pyridine rings is 1. The van der Waals surface area contributed by atoms with Crippen molar-refractivity contribution in [1.29, 1.82) is 0 Å². The first-order chi connectivity index (χ1) is 11.8. The number of nitrogens with zero attached hydrogens (tertiary/aromatic N) is 1. The molecule has 0 saturated heterocycles. The monoisotopic (exact) mass is 402 g/mol. The number of benzene rings is 1. The summed E-state index contributed by atoms with van der Waals surface area (Å²) in [5, 5.41) is -0.672. The fourth-order valence-electron chi connectivity index (χ4n) is 2.31. The second kappa shape index (κ2) is 8.27. The lowest BCUT2D eigenvalue weighted by Crippen LogP contribution is -2.33. The zero-order valence-corrected chi connectivity index (χ0v) is 16.0. The number of rotatable bonds is 8. The Labute approximate surface area is 153 Å². The van der Waals surface area contributed by atoms with E-state index < -0.39 is 25.1 Å². The molecule has 1 N–H and O–H groups in total. The van der Waals surface area contributed by atoms with Crippen LogP contribution < -0.4 is 4.72 Å². The van der Waals surface area contributed by atoms with Crippen molar-refractivity contribution >= 4 is 31.5 Å². The number of halogens is 1. The fourth-order valence-corrected chi connectivity index (χ4v) is 5.28. The smallest absolute Gasteiger partial charge is 0.211 e. The Morgan fingerprint density at radius 1 is 1.12 bits per heavy atom. The van der Waals surface area contributed by atoms with Gasteiger partial charge in [-0.25, -0.2) is 21.6 Å². The molecule has 1 heterocycles. The lowest BCUT2D eigenvalue weighted by atomic mass is 10.2. The van der Waals surface area contributed by atoms with Crippen LogP contribution in [0.15, 0.2) is 53.7 Å².